The first-order valence-corrected chi connectivity index (χ1v) is 8.63. The maximum Gasteiger partial charge on any atom is 0.0396 e. The first-order chi connectivity index (χ1) is 10.0. The molecule has 0 radical (unpaired) electrons. The number of hydrogen-bond donors (Lipinski definition) is 1. The Morgan fingerprint density at radius 3 is 2.48 bits per heavy atom. The van der Waals surface area contributed by atoms with Crippen LogP contribution in [0.4, 0.5) is 5.69 Å². The van der Waals surface area contributed by atoms with Crippen molar-refractivity contribution in [3.05, 3.63) is 29.3 Å². The van der Waals surface area contributed by atoms with Crippen molar-refractivity contribution in [3.8, 4) is 0 Å². The van der Waals surface area contributed by atoms with Crippen LogP contribution in [0.1, 0.15) is 57.6 Å². The lowest BCUT2D eigenvalue weighted by Gasteiger charge is -2.28. The Hall–Kier alpha value is -1.02. The van der Waals surface area contributed by atoms with Crippen molar-refractivity contribution >= 4 is 5.69 Å². The molecule has 21 heavy (non-hydrogen) atoms. The molecule has 1 fully saturated rings. The lowest BCUT2D eigenvalue weighted by atomic mass is 9.82. The SMILES string of the molecule is CCC(N)Cc1ccc(N2CCC(CC)(CC)C2)c(C)c1. The standard InChI is InChI=1S/C19H32N2/c1-5-17(20)13-16-8-9-18(15(4)12-16)21-11-10-19(6-2,7-3)14-21/h8-9,12,17H,5-7,10-11,13-14,20H2,1-4H3. The van der Waals surface area contributed by atoms with Crippen molar-refractivity contribution in [1.82, 2.24) is 0 Å². The Morgan fingerprint density at radius 1 is 1.24 bits per heavy atom. The largest absolute Gasteiger partial charge is 0.371 e. The molecule has 1 aromatic carbocycles. The quantitative estimate of drug-likeness (QED) is 0.846. The minimum Gasteiger partial charge on any atom is -0.371 e. The van der Waals surface area contributed by atoms with Gasteiger partial charge in [-0.05, 0) is 61.6 Å². The van der Waals surface area contributed by atoms with Crippen LogP contribution in [0.25, 0.3) is 0 Å². The minimum absolute atomic E-state index is 0.287. The first kappa shape index (κ1) is 16.4. The van der Waals surface area contributed by atoms with Crippen LogP contribution in [-0.4, -0.2) is 19.1 Å². The molecular formula is C19H32N2. The van der Waals surface area contributed by atoms with Gasteiger partial charge in [-0.15, -0.1) is 0 Å². The number of nitrogens with zero attached hydrogens (tertiary/aromatic N) is 1. The molecule has 1 atom stereocenters. The summed E-state index contributed by atoms with van der Waals surface area (Å²) >= 11 is 0. The zero-order valence-corrected chi connectivity index (χ0v) is 14.3. The van der Waals surface area contributed by atoms with E-state index in [-0.39, 0.29) is 6.04 Å². The second-order valence-corrected chi connectivity index (χ2v) is 6.87. The highest BCUT2D eigenvalue weighted by atomic mass is 15.2. The van der Waals surface area contributed by atoms with Gasteiger partial charge in [0.05, 0.1) is 0 Å². The van der Waals surface area contributed by atoms with Gasteiger partial charge in [0, 0.05) is 24.8 Å². The molecule has 0 spiro atoms. The van der Waals surface area contributed by atoms with E-state index in [1.54, 1.807) is 0 Å². The maximum atomic E-state index is 6.08. The van der Waals surface area contributed by atoms with E-state index < -0.39 is 0 Å². The van der Waals surface area contributed by atoms with Gasteiger partial charge in [-0.25, -0.2) is 0 Å². The molecule has 2 rings (SSSR count). The van der Waals surface area contributed by atoms with Crippen LogP contribution >= 0.6 is 0 Å². The third kappa shape index (κ3) is 3.60. The smallest absolute Gasteiger partial charge is 0.0396 e. The van der Waals surface area contributed by atoms with E-state index in [0.717, 1.165) is 12.8 Å². The fraction of sp³-hybridized carbons (Fsp3) is 0.684. The van der Waals surface area contributed by atoms with Crippen LogP contribution in [0.3, 0.4) is 0 Å². The van der Waals surface area contributed by atoms with Crippen molar-refractivity contribution < 1.29 is 0 Å². The zero-order chi connectivity index (χ0) is 15.5. The topological polar surface area (TPSA) is 29.3 Å². The van der Waals surface area contributed by atoms with Crippen molar-refractivity contribution in [2.75, 3.05) is 18.0 Å². The highest BCUT2D eigenvalue weighted by Gasteiger charge is 2.35. The molecule has 0 bridgehead atoms. The molecule has 1 unspecified atom stereocenters. The van der Waals surface area contributed by atoms with E-state index in [4.69, 9.17) is 5.73 Å². The summed E-state index contributed by atoms with van der Waals surface area (Å²) in [7, 11) is 0. The fourth-order valence-electron chi connectivity index (χ4n) is 3.61. The average Bonchev–Trinajstić information content (AvgIpc) is 2.92. The minimum atomic E-state index is 0.287. The van der Waals surface area contributed by atoms with Gasteiger partial charge in [0.2, 0.25) is 0 Å². The van der Waals surface area contributed by atoms with Crippen molar-refractivity contribution in [1.29, 1.82) is 0 Å². The monoisotopic (exact) mass is 288 g/mol. The van der Waals surface area contributed by atoms with Gasteiger partial charge in [-0.3, -0.25) is 0 Å². The molecule has 1 aromatic rings. The third-order valence-electron chi connectivity index (χ3n) is 5.56. The Labute approximate surface area is 130 Å². The zero-order valence-electron chi connectivity index (χ0n) is 14.3. The van der Waals surface area contributed by atoms with Crippen LogP contribution in [0.2, 0.25) is 0 Å². The van der Waals surface area contributed by atoms with E-state index in [0.29, 0.717) is 5.41 Å². The van der Waals surface area contributed by atoms with E-state index in [2.05, 4.69) is 50.8 Å². The second-order valence-electron chi connectivity index (χ2n) is 6.87. The molecule has 0 saturated carbocycles. The van der Waals surface area contributed by atoms with Crippen LogP contribution in [0.5, 0.6) is 0 Å². The number of rotatable bonds is 6. The summed E-state index contributed by atoms with van der Waals surface area (Å²) in [5.41, 5.74) is 10.8. The Balaban J connectivity index is 2.11. The molecule has 2 heteroatoms. The number of benzene rings is 1. The Morgan fingerprint density at radius 2 is 1.95 bits per heavy atom. The van der Waals surface area contributed by atoms with Crippen LogP contribution < -0.4 is 10.6 Å². The number of nitrogens with two attached hydrogens (primary N) is 1. The summed E-state index contributed by atoms with van der Waals surface area (Å²) in [4.78, 5) is 2.59. The molecule has 118 valence electrons. The average molecular weight is 288 g/mol. The van der Waals surface area contributed by atoms with Gasteiger partial charge in [-0.1, -0.05) is 32.9 Å². The summed E-state index contributed by atoms with van der Waals surface area (Å²) in [5.74, 6) is 0. The Bertz CT molecular complexity index is 463. The van der Waals surface area contributed by atoms with Gasteiger partial charge in [0.25, 0.3) is 0 Å². The van der Waals surface area contributed by atoms with Gasteiger partial charge in [-0.2, -0.15) is 0 Å². The molecule has 0 amide bonds. The van der Waals surface area contributed by atoms with E-state index in [1.165, 1.54) is 49.2 Å². The number of anilines is 1. The van der Waals surface area contributed by atoms with Gasteiger partial charge >= 0.3 is 0 Å². The fourth-order valence-corrected chi connectivity index (χ4v) is 3.61. The predicted molar refractivity (Wildman–Crippen MR) is 93.0 cm³/mol. The summed E-state index contributed by atoms with van der Waals surface area (Å²) in [5, 5.41) is 0. The van der Waals surface area contributed by atoms with Crippen LogP contribution in [-0.2, 0) is 6.42 Å². The highest BCUT2D eigenvalue weighted by molar-refractivity contribution is 5.55. The molecule has 0 aromatic heterocycles. The molecular weight excluding hydrogens is 256 g/mol. The van der Waals surface area contributed by atoms with E-state index >= 15 is 0 Å². The molecule has 0 aliphatic carbocycles. The molecule has 1 aliphatic heterocycles. The normalized spacial score (nSPS) is 19.0. The van der Waals surface area contributed by atoms with Crippen LogP contribution in [0.15, 0.2) is 18.2 Å². The summed E-state index contributed by atoms with van der Waals surface area (Å²) in [6.45, 7) is 11.5. The third-order valence-corrected chi connectivity index (χ3v) is 5.56. The number of hydrogen-bond acceptors (Lipinski definition) is 2. The van der Waals surface area contributed by atoms with Gasteiger partial charge in [0.15, 0.2) is 0 Å². The first-order valence-electron chi connectivity index (χ1n) is 8.63. The second kappa shape index (κ2) is 6.83. The molecule has 2 nitrogen and oxygen atoms in total. The molecule has 1 aliphatic rings. The van der Waals surface area contributed by atoms with Crippen molar-refractivity contribution in [2.24, 2.45) is 11.1 Å². The molecule has 1 heterocycles. The highest BCUT2D eigenvalue weighted by Crippen LogP contribution is 2.39. The van der Waals surface area contributed by atoms with E-state index in [1.807, 2.05) is 0 Å². The van der Waals surface area contributed by atoms with Gasteiger partial charge < -0.3 is 10.6 Å². The lowest BCUT2D eigenvalue weighted by Crippen LogP contribution is -2.26. The summed E-state index contributed by atoms with van der Waals surface area (Å²) in [6, 6.07) is 7.21. The molecule has 1 saturated heterocycles. The summed E-state index contributed by atoms with van der Waals surface area (Å²) in [6.07, 6.45) is 5.96. The van der Waals surface area contributed by atoms with Gasteiger partial charge in [0.1, 0.15) is 0 Å². The van der Waals surface area contributed by atoms with E-state index in [9.17, 15) is 0 Å². The maximum absolute atomic E-state index is 6.08. The van der Waals surface area contributed by atoms with Crippen molar-refractivity contribution in [2.45, 2.75) is 65.8 Å². The summed E-state index contributed by atoms with van der Waals surface area (Å²) < 4.78 is 0. The lowest BCUT2D eigenvalue weighted by molar-refractivity contribution is 0.301. The van der Waals surface area contributed by atoms with Crippen molar-refractivity contribution in [3.63, 3.8) is 0 Å². The number of aryl methyl sites for hydroxylation is 1. The predicted octanol–water partition coefficient (Wildman–Crippen LogP) is 4.29. The molecule has 2 N–H and O–H groups in total. The van der Waals surface area contributed by atoms with Crippen LogP contribution in [0, 0.1) is 12.3 Å². The Kier molecular flexibility index (Phi) is 5.32.